The number of halogens is 3. The van der Waals surface area contributed by atoms with E-state index in [0.29, 0.717) is 22.3 Å². The number of alkyl halides is 2. The van der Waals surface area contributed by atoms with Crippen molar-refractivity contribution in [2.45, 2.75) is 25.4 Å². The molecule has 7 nitrogen and oxygen atoms in total. The topological polar surface area (TPSA) is 91.0 Å². The van der Waals surface area contributed by atoms with Crippen LogP contribution < -0.4 is 10.2 Å². The monoisotopic (exact) mass is 575 g/mol. The molecule has 0 saturated heterocycles. The quantitative estimate of drug-likeness (QED) is 0.318. The van der Waals surface area contributed by atoms with Gasteiger partial charge < -0.3 is 10.2 Å². The van der Waals surface area contributed by atoms with E-state index in [0.717, 1.165) is 0 Å². The molecule has 5 rings (SSSR count). The summed E-state index contributed by atoms with van der Waals surface area (Å²) in [5.74, 6) is -4.12. The highest BCUT2D eigenvalue weighted by molar-refractivity contribution is 9.10. The SMILES string of the molecule is CC1Cn2ncc(NC(=O)c3ccc(Br)c(C#N)c3)c2C(=O)N1c1ccc(C(F)(F)c2ccccc2)cc1. The zero-order valence-electron chi connectivity index (χ0n) is 20.0. The van der Waals surface area contributed by atoms with Crippen LogP contribution in [0, 0.1) is 11.3 Å². The molecular formula is C28H20BrF2N5O2. The number of rotatable bonds is 5. The van der Waals surface area contributed by atoms with Gasteiger partial charge in [0.2, 0.25) is 0 Å². The fourth-order valence-corrected chi connectivity index (χ4v) is 4.79. The van der Waals surface area contributed by atoms with Crippen molar-refractivity contribution in [2.24, 2.45) is 0 Å². The number of benzene rings is 3. The fourth-order valence-electron chi connectivity index (χ4n) is 4.45. The van der Waals surface area contributed by atoms with Gasteiger partial charge in [0.1, 0.15) is 11.8 Å². The first-order valence-electron chi connectivity index (χ1n) is 11.6. The number of carbonyl (C=O) groups excluding carboxylic acids is 2. The molecule has 0 fully saturated rings. The fraction of sp³-hybridized carbons (Fsp3) is 0.143. The first-order valence-corrected chi connectivity index (χ1v) is 12.4. The van der Waals surface area contributed by atoms with Crippen LogP contribution in [0.2, 0.25) is 0 Å². The van der Waals surface area contributed by atoms with E-state index < -0.39 is 17.7 Å². The van der Waals surface area contributed by atoms with Gasteiger partial charge in [-0.3, -0.25) is 14.3 Å². The standard InChI is InChI=1S/C28H20BrF2N5O2/c1-17-16-35-25(24(15-33-35)34-26(37)18-7-12-23(29)19(13-18)14-32)27(38)36(17)22-10-8-21(9-11-22)28(30,31)20-5-3-2-4-6-20/h2-13,15,17H,16H2,1H3,(H,34,37). The summed E-state index contributed by atoms with van der Waals surface area (Å²) in [7, 11) is 0. The minimum Gasteiger partial charge on any atom is -0.319 e. The van der Waals surface area contributed by atoms with Crippen molar-refractivity contribution >= 4 is 39.1 Å². The van der Waals surface area contributed by atoms with Crippen molar-refractivity contribution in [3.63, 3.8) is 0 Å². The molecule has 0 bridgehead atoms. The Hall–Kier alpha value is -4.36. The van der Waals surface area contributed by atoms with Gasteiger partial charge in [0.25, 0.3) is 17.7 Å². The third kappa shape index (κ3) is 4.46. The Bertz CT molecular complexity index is 1580. The van der Waals surface area contributed by atoms with Crippen LogP contribution in [0.15, 0.2) is 83.5 Å². The number of fused-ring (bicyclic) bond motifs is 1. The first kappa shape index (κ1) is 25.3. The molecule has 2 heterocycles. The third-order valence-electron chi connectivity index (χ3n) is 6.38. The van der Waals surface area contributed by atoms with Crippen molar-refractivity contribution in [2.75, 3.05) is 10.2 Å². The molecule has 2 amide bonds. The van der Waals surface area contributed by atoms with Gasteiger partial charge in [-0.05, 0) is 53.2 Å². The molecular weight excluding hydrogens is 556 g/mol. The Morgan fingerprint density at radius 1 is 1.11 bits per heavy atom. The molecule has 190 valence electrons. The van der Waals surface area contributed by atoms with E-state index >= 15 is 8.78 Å². The molecule has 10 heteroatoms. The van der Waals surface area contributed by atoms with Gasteiger partial charge in [-0.2, -0.15) is 19.1 Å². The predicted octanol–water partition coefficient (Wildman–Crippen LogP) is 5.96. The Labute approximate surface area is 225 Å². The minimum atomic E-state index is -3.19. The van der Waals surface area contributed by atoms with Crippen LogP contribution >= 0.6 is 15.9 Å². The second kappa shape index (κ2) is 9.84. The summed E-state index contributed by atoms with van der Waals surface area (Å²) in [6.45, 7) is 2.17. The number of amides is 2. The van der Waals surface area contributed by atoms with E-state index in [-0.39, 0.29) is 34.1 Å². The number of anilines is 2. The zero-order chi connectivity index (χ0) is 27.0. The van der Waals surface area contributed by atoms with Gasteiger partial charge in [0, 0.05) is 26.9 Å². The maximum Gasteiger partial charge on any atom is 0.298 e. The van der Waals surface area contributed by atoms with Gasteiger partial charge in [-0.1, -0.05) is 42.5 Å². The van der Waals surface area contributed by atoms with E-state index in [1.807, 2.05) is 13.0 Å². The predicted molar refractivity (Wildman–Crippen MR) is 141 cm³/mol. The summed E-state index contributed by atoms with van der Waals surface area (Å²) in [4.78, 5) is 28.0. The van der Waals surface area contributed by atoms with Crippen LogP contribution in [0.5, 0.6) is 0 Å². The summed E-state index contributed by atoms with van der Waals surface area (Å²) in [6, 6.07) is 19.5. The van der Waals surface area contributed by atoms with Crippen molar-refractivity contribution in [3.05, 3.63) is 111 Å². The number of aromatic nitrogens is 2. The highest BCUT2D eigenvalue weighted by atomic mass is 79.9. The Kier molecular flexibility index (Phi) is 6.55. The molecule has 1 unspecified atom stereocenters. The van der Waals surface area contributed by atoms with E-state index in [4.69, 9.17) is 0 Å². The molecule has 3 aromatic carbocycles. The van der Waals surface area contributed by atoms with Crippen LogP contribution in [0.4, 0.5) is 20.2 Å². The van der Waals surface area contributed by atoms with Crippen LogP contribution in [0.1, 0.15) is 44.5 Å². The molecule has 1 aliphatic heterocycles. The van der Waals surface area contributed by atoms with Crippen molar-refractivity contribution < 1.29 is 18.4 Å². The molecule has 1 aromatic heterocycles. The Balaban J connectivity index is 1.41. The molecule has 38 heavy (non-hydrogen) atoms. The second-order valence-electron chi connectivity index (χ2n) is 8.86. The van der Waals surface area contributed by atoms with E-state index in [2.05, 4.69) is 26.3 Å². The lowest BCUT2D eigenvalue weighted by Crippen LogP contribution is -2.47. The van der Waals surface area contributed by atoms with E-state index in [1.165, 1.54) is 58.2 Å². The van der Waals surface area contributed by atoms with E-state index in [9.17, 15) is 14.9 Å². The lowest BCUT2D eigenvalue weighted by atomic mass is 9.99. The highest BCUT2D eigenvalue weighted by Gasteiger charge is 2.37. The summed E-state index contributed by atoms with van der Waals surface area (Å²) < 4.78 is 32.1. The third-order valence-corrected chi connectivity index (χ3v) is 7.07. The molecule has 0 saturated carbocycles. The minimum absolute atomic E-state index is 0.118. The second-order valence-corrected chi connectivity index (χ2v) is 9.72. The van der Waals surface area contributed by atoms with Gasteiger partial charge in [0.05, 0.1) is 30.0 Å². The molecule has 1 aliphatic rings. The van der Waals surface area contributed by atoms with Gasteiger partial charge >= 0.3 is 0 Å². The smallest absolute Gasteiger partial charge is 0.298 e. The van der Waals surface area contributed by atoms with Crippen LogP contribution in [0.25, 0.3) is 0 Å². The maximum absolute atomic E-state index is 15.0. The number of carbonyl (C=O) groups is 2. The van der Waals surface area contributed by atoms with Crippen molar-refractivity contribution in [3.8, 4) is 6.07 Å². The number of nitriles is 1. The highest BCUT2D eigenvalue weighted by Crippen LogP contribution is 2.37. The molecule has 1 atom stereocenters. The Morgan fingerprint density at radius 2 is 1.79 bits per heavy atom. The van der Waals surface area contributed by atoms with Crippen molar-refractivity contribution in [1.29, 1.82) is 5.26 Å². The van der Waals surface area contributed by atoms with Crippen LogP contribution in [0.3, 0.4) is 0 Å². The van der Waals surface area contributed by atoms with Crippen LogP contribution in [-0.2, 0) is 12.5 Å². The van der Waals surface area contributed by atoms with Crippen LogP contribution in [-0.4, -0.2) is 27.6 Å². The molecule has 1 N–H and O–H groups in total. The zero-order valence-corrected chi connectivity index (χ0v) is 21.6. The van der Waals surface area contributed by atoms with E-state index in [1.54, 1.807) is 30.3 Å². The summed E-state index contributed by atoms with van der Waals surface area (Å²) in [5.41, 5.74) is 1.07. The number of nitrogens with one attached hydrogen (secondary N) is 1. The molecule has 0 radical (unpaired) electrons. The molecule has 4 aromatic rings. The lowest BCUT2D eigenvalue weighted by molar-refractivity contribution is 0.0428. The first-order chi connectivity index (χ1) is 18.2. The lowest BCUT2D eigenvalue weighted by Gasteiger charge is -2.34. The van der Waals surface area contributed by atoms with Gasteiger partial charge in [-0.15, -0.1) is 0 Å². The summed E-state index contributed by atoms with van der Waals surface area (Å²) in [6.07, 6.45) is 1.40. The average molecular weight is 576 g/mol. The number of hydrogen-bond acceptors (Lipinski definition) is 4. The van der Waals surface area contributed by atoms with Gasteiger partial charge in [0.15, 0.2) is 0 Å². The number of nitrogens with zero attached hydrogens (tertiary/aromatic N) is 4. The molecule has 0 aliphatic carbocycles. The Morgan fingerprint density at radius 3 is 2.47 bits per heavy atom. The summed E-state index contributed by atoms with van der Waals surface area (Å²) >= 11 is 3.26. The maximum atomic E-state index is 15.0. The van der Waals surface area contributed by atoms with Gasteiger partial charge in [-0.25, -0.2) is 0 Å². The summed E-state index contributed by atoms with van der Waals surface area (Å²) in [5, 5.41) is 16.2. The normalized spacial score (nSPS) is 15.1. The number of hydrogen-bond donors (Lipinski definition) is 1. The molecule has 0 spiro atoms. The van der Waals surface area contributed by atoms with Crippen molar-refractivity contribution in [1.82, 2.24) is 9.78 Å². The largest absolute Gasteiger partial charge is 0.319 e. The average Bonchev–Trinajstić information content (AvgIpc) is 3.32.